The van der Waals surface area contributed by atoms with Gasteiger partial charge in [0, 0.05) is 5.56 Å². The average molecular weight is 348 g/mol. The number of nitrogens with one attached hydrogen (secondary N) is 1. The van der Waals surface area contributed by atoms with Crippen LogP contribution in [-0.2, 0) is 6.54 Å². The summed E-state index contributed by atoms with van der Waals surface area (Å²) in [5.41, 5.74) is 2.60. The third-order valence-corrected chi connectivity index (χ3v) is 5.03. The Morgan fingerprint density at radius 1 is 1.08 bits per heavy atom. The minimum Gasteiger partial charge on any atom is -0.457 e. The molecular formula is C20H16N2O2S. The van der Waals surface area contributed by atoms with Crippen LogP contribution in [-0.4, -0.2) is 10.9 Å². The molecule has 2 heterocycles. The summed E-state index contributed by atoms with van der Waals surface area (Å²) >= 11 is 1.59. The molecule has 0 saturated carbocycles. The maximum absolute atomic E-state index is 12.3. The summed E-state index contributed by atoms with van der Waals surface area (Å²) < 4.78 is 6.98. The predicted molar refractivity (Wildman–Crippen MR) is 99.7 cm³/mol. The van der Waals surface area contributed by atoms with Crippen LogP contribution in [0.3, 0.4) is 0 Å². The molecule has 0 aliphatic rings. The number of thiazole rings is 1. The molecule has 4 rings (SSSR count). The molecule has 4 aromatic rings. The molecule has 0 unspecified atom stereocenters. The first-order valence-electron chi connectivity index (χ1n) is 7.99. The zero-order valence-electron chi connectivity index (χ0n) is 13.7. The normalized spacial score (nSPS) is 10.9. The van der Waals surface area contributed by atoms with Gasteiger partial charge in [0.15, 0.2) is 10.8 Å². The van der Waals surface area contributed by atoms with Crippen molar-refractivity contribution in [3.8, 4) is 10.8 Å². The number of furan rings is 1. The SMILES string of the molecule is Cc1ccccc1C(=O)NCc1ccc(-c2nc3ccccc3s2)o1. The summed E-state index contributed by atoms with van der Waals surface area (Å²) in [4.78, 5) is 16.9. The van der Waals surface area contributed by atoms with E-state index in [0.29, 0.717) is 17.9 Å². The molecule has 124 valence electrons. The number of amides is 1. The van der Waals surface area contributed by atoms with Gasteiger partial charge in [-0.15, -0.1) is 11.3 Å². The second-order valence-electron chi connectivity index (χ2n) is 5.75. The molecule has 5 heteroatoms. The van der Waals surface area contributed by atoms with E-state index in [2.05, 4.69) is 10.3 Å². The van der Waals surface area contributed by atoms with Crippen LogP contribution in [0.1, 0.15) is 21.7 Å². The van der Waals surface area contributed by atoms with Crippen molar-refractivity contribution in [3.63, 3.8) is 0 Å². The first-order valence-corrected chi connectivity index (χ1v) is 8.81. The molecule has 0 saturated heterocycles. The minimum absolute atomic E-state index is 0.101. The van der Waals surface area contributed by atoms with E-state index in [1.165, 1.54) is 0 Å². The Hall–Kier alpha value is -2.92. The number of carbonyl (C=O) groups is 1. The summed E-state index contributed by atoms with van der Waals surface area (Å²) in [7, 11) is 0. The highest BCUT2D eigenvalue weighted by Crippen LogP contribution is 2.31. The Labute approximate surface area is 149 Å². The van der Waals surface area contributed by atoms with Crippen molar-refractivity contribution in [1.29, 1.82) is 0 Å². The quantitative estimate of drug-likeness (QED) is 0.577. The Morgan fingerprint density at radius 2 is 1.88 bits per heavy atom. The van der Waals surface area contributed by atoms with E-state index in [1.54, 1.807) is 11.3 Å². The predicted octanol–water partition coefficient (Wildman–Crippen LogP) is 4.79. The van der Waals surface area contributed by atoms with Crippen LogP contribution in [0.4, 0.5) is 0 Å². The second-order valence-corrected chi connectivity index (χ2v) is 6.78. The van der Waals surface area contributed by atoms with Gasteiger partial charge in [0.05, 0.1) is 16.8 Å². The highest BCUT2D eigenvalue weighted by atomic mass is 32.1. The van der Waals surface area contributed by atoms with Crippen LogP contribution in [0.2, 0.25) is 0 Å². The van der Waals surface area contributed by atoms with Crippen molar-refractivity contribution >= 4 is 27.5 Å². The fourth-order valence-corrected chi connectivity index (χ4v) is 3.58. The lowest BCUT2D eigenvalue weighted by Crippen LogP contribution is -2.23. The summed E-state index contributed by atoms with van der Waals surface area (Å²) in [5.74, 6) is 1.33. The van der Waals surface area contributed by atoms with Gasteiger partial charge in [0.25, 0.3) is 5.91 Å². The average Bonchev–Trinajstić information content (AvgIpc) is 3.26. The maximum atomic E-state index is 12.3. The Kier molecular flexibility index (Phi) is 4.07. The fourth-order valence-electron chi connectivity index (χ4n) is 2.66. The van der Waals surface area contributed by atoms with Gasteiger partial charge in [-0.1, -0.05) is 30.3 Å². The van der Waals surface area contributed by atoms with Crippen molar-refractivity contribution in [2.24, 2.45) is 0 Å². The smallest absolute Gasteiger partial charge is 0.251 e. The molecule has 4 nitrogen and oxygen atoms in total. The van der Waals surface area contributed by atoms with Gasteiger partial charge in [-0.25, -0.2) is 4.98 Å². The van der Waals surface area contributed by atoms with Crippen molar-refractivity contribution in [2.45, 2.75) is 13.5 Å². The van der Waals surface area contributed by atoms with Gasteiger partial charge in [0.1, 0.15) is 5.76 Å². The summed E-state index contributed by atoms with van der Waals surface area (Å²) in [5, 5.41) is 3.74. The molecule has 0 spiro atoms. The topological polar surface area (TPSA) is 55.1 Å². The number of hydrogen-bond donors (Lipinski definition) is 1. The van der Waals surface area contributed by atoms with E-state index in [0.717, 1.165) is 26.5 Å². The largest absolute Gasteiger partial charge is 0.457 e. The number of rotatable bonds is 4. The van der Waals surface area contributed by atoms with Crippen LogP contribution >= 0.6 is 11.3 Å². The first kappa shape index (κ1) is 15.6. The molecule has 0 bridgehead atoms. The lowest BCUT2D eigenvalue weighted by molar-refractivity contribution is 0.0947. The number of para-hydroxylation sites is 1. The molecule has 0 atom stereocenters. The minimum atomic E-state index is -0.101. The van der Waals surface area contributed by atoms with Crippen molar-refractivity contribution in [2.75, 3.05) is 0 Å². The van der Waals surface area contributed by atoms with E-state index in [1.807, 2.05) is 67.6 Å². The molecule has 0 aliphatic heterocycles. The van der Waals surface area contributed by atoms with E-state index in [-0.39, 0.29) is 5.91 Å². The number of benzene rings is 2. The van der Waals surface area contributed by atoms with E-state index in [4.69, 9.17) is 4.42 Å². The zero-order valence-corrected chi connectivity index (χ0v) is 14.5. The zero-order chi connectivity index (χ0) is 17.2. The lowest BCUT2D eigenvalue weighted by atomic mass is 10.1. The van der Waals surface area contributed by atoms with Crippen LogP contribution in [0.15, 0.2) is 65.1 Å². The lowest BCUT2D eigenvalue weighted by Gasteiger charge is -2.05. The third kappa shape index (κ3) is 3.19. The first-order chi connectivity index (χ1) is 12.2. The molecule has 0 radical (unpaired) electrons. The third-order valence-electron chi connectivity index (χ3n) is 3.98. The van der Waals surface area contributed by atoms with Crippen LogP contribution in [0.5, 0.6) is 0 Å². The molecule has 2 aromatic heterocycles. The Bertz CT molecular complexity index is 1020. The number of hydrogen-bond acceptors (Lipinski definition) is 4. The monoisotopic (exact) mass is 348 g/mol. The highest BCUT2D eigenvalue weighted by molar-refractivity contribution is 7.21. The van der Waals surface area contributed by atoms with E-state index >= 15 is 0 Å². The van der Waals surface area contributed by atoms with E-state index in [9.17, 15) is 4.79 Å². The van der Waals surface area contributed by atoms with Crippen LogP contribution in [0.25, 0.3) is 21.0 Å². The van der Waals surface area contributed by atoms with Gasteiger partial charge in [-0.2, -0.15) is 0 Å². The fraction of sp³-hybridized carbons (Fsp3) is 0.100. The van der Waals surface area contributed by atoms with Gasteiger partial charge in [-0.3, -0.25) is 4.79 Å². The Balaban J connectivity index is 1.48. The van der Waals surface area contributed by atoms with Crippen molar-refractivity contribution in [1.82, 2.24) is 10.3 Å². The number of nitrogens with zero attached hydrogens (tertiary/aromatic N) is 1. The number of carbonyl (C=O) groups excluding carboxylic acids is 1. The standard InChI is InChI=1S/C20H16N2O2S/c1-13-6-2-3-7-15(13)19(23)21-12-14-10-11-17(24-14)20-22-16-8-4-5-9-18(16)25-20/h2-11H,12H2,1H3,(H,21,23). The molecule has 0 fully saturated rings. The second kappa shape index (κ2) is 6.53. The summed E-state index contributed by atoms with van der Waals surface area (Å²) in [6, 6.07) is 19.3. The van der Waals surface area contributed by atoms with Crippen LogP contribution in [0, 0.1) is 6.92 Å². The Morgan fingerprint density at radius 3 is 2.72 bits per heavy atom. The maximum Gasteiger partial charge on any atom is 0.251 e. The molecule has 1 amide bonds. The van der Waals surface area contributed by atoms with E-state index < -0.39 is 0 Å². The highest BCUT2D eigenvalue weighted by Gasteiger charge is 2.12. The van der Waals surface area contributed by atoms with Gasteiger partial charge < -0.3 is 9.73 Å². The summed E-state index contributed by atoms with van der Waals surface area (Å²) in [6.45, 7) is 2.27. The summed E-state index contributed by atoms with van der Waals surface area (Å²) in [6.07, 6.45) is 0. The number of aromatic nitrogens is 1. The molecule has 1 N–H and O–H groups in total. The number of fused-ring (bicyclic) bond motifs is 1. The molecular weight excluding hydrogens is 332 g/mol. The van der Waals surface area contributed by atoms with Crippen molar-refractivity contribution < 1.29 is 9.21 Å². The van der Waals surface area contributed by atoms with Gasteiger partial charge in [-0.05, 0) is 42.8 Å². The number of aryl methyl sites for hydroxylation is 1. The molecule has 25 heavy (non-hydrogen) atoms. The molecule has 0 aliphatic carbocycles. The molecule has 2 aromatic carbocycles. The van der Waals surface area contributed by atoms with Gasteiger partial charge >= 0.3 is 0 Å². The van der Waals surface area contributed by atoms with Crippen molar-refractivity contribution in [3.05, 3.63) is 77.6 Å². The van der Waals surface area contributed by atoms with Crippen LogP contribution < -0.4 is 5.32 Å². The van der Waals surface area contributed by atoms with Gasteiger partial charge in [0.2, 0.25) is 0 Å².